The predicted molar refractivity (Wildman–Crippen MR) is 63.7 cm³/mol. The number of aryl methyl sites for hydroxylation is 1. The Bertz CT molecular complexity index is 587. The van der Waals surface area contributed by atoms with E-state index in [9.17, 15) is 4.79 Å². The van der Waals surface area contributed by atoms with Crippen molar-refractivity contribution < 1.29 is 9.32 Å². The highest BCUT2D eigenvalue weighted by Crippen LogP contribution is 2.31. The molecule has 1 fully saturated rings. The fourth-order valence-electron chi connectivity index (χ4n) is 1.83. The van der Waals surface area contributed by atoms with Crippen molar-refractivity contribution in [3.05, 3.63) is 29.9 Å². The third-order valence-electron chi connectivity index (χ3n) is 3.11. The molecular formula is C13H13N3O2. The van der Waals surface area contributed by atoms with Gasteiger partial charge in [-0.3, -0.25) is 9.78 Å². The summed E-state index contributed by atoms with van der Waals surface area (Å²) in [4.78, 5) is 19.9. The van der Waals surface area contributed by atoms with Gasteiger partial charge in [0.1, 0.15) is 5.78 Å². The summed E-state index contributed by atoms with van der Waals surface area (Å²) in [6, 6.07) is 1.89. The first kappa shape index (κ1) is 11.1. The maximum atomic E-state index is 11.6. The van der Waals surface area contributed by atoms with Crippen LogP contribution < -0.4 is 0 Å². The smallest absolute Gasteiger partial charge is 0.234 e. The zero-order valence-electron chi connectivity index (χ0n) is 10.1. The maximum absolute atomic E-state index is 11.6. The number of ketones is 1. The minimum Gasteiger partial charge on any atom is -0.338 e. The molecule has 0 aliphatic heterocycles. The van der Waals surface area contributed by atoms with Crippen molar-refractivity contribution in [2.45, 2.75) is 26.2 Å². The first-order valence-corrected chi connectivity index (χ1v) is 6.00. The van der Waals surface area contributed by atoms with Gasteiger partial charge in [0.25, 0.3) is 0 Å². The molecule has 0 aromatic carbocycles. The molecule has 0 saturated heterocycles. The van der Waals surface area contributed by atoms with E-state index in [4.69, 9.17) is 4.52 Å². The van der Waals surface area contributed by atoms with Gasteiger partial charge in [-0.1, -0.05) is 5.16 Å². The summed E-state index contributed by atoms with van der Waals surface area (Å²) in [5.74, 6) is 1.32. The standard InChI is InChI=1S/C13H13N3O2/c1-8-4-5-14-7-10(8)13-15-12(18-16-13)6-11(17)9-2-3-9/h4-5,7,9H,2-3,6H2,1H3. The zero-order valence-corrected chi connectivity index (χ0v) is 10.1. The fourth-order valence-corrected chi connectivity index (χ4v) is 1.83. The summed E-state index contributed by atoms with van der Waals surface area (Å²) >= 11 is 0. The third kappa shape index (κ3) is 2.16. The Morgan fingerprint density at radius 3 is 3.06 bits per heavy atom. The van der Waals surface area contributed by atoms with Gasteiger partial charge in [-0.05, 0) is 31.4 Å². The van der Waals surface area contributed by atoms with Crippen LogP contribution in [0, 0.1) is 12.8 Å². The van der Waals surface area contributed by atoms with Crippen molar-refractivity contribution in [2.24, 2.45) is 5.92 Å². The van der Waals surface area contributed by atoms with Crippen molar-refractivity contribution in [1.82, 2.24) is 15.1 Å². The number of carbonyl (C=O) groups excluding carboxylic acids is 1. The lowest BCUT2D eigenvalue weighted by Crippen LogP contribution is -2.04. The highest BCUT2D eigenvalue weighted by atomic mass is 16.5. The van der Waals surface area contributed by atoms with E-state index >= 15 is 0 Å². The molecule has 0 radical (unpaired) electrons. The molecule has 2 aromatic rings. The van der Waals surface area contributed by atoms with Gasteiger partial charge < -0.3 is 4.52 Å². The van der Waals surface area contributed by atoms with E-state index in [2.05, 4.69) is 15.1 Å². The Morgan fingerprint density at radius 1 is 1.50 bits per heavy atom. The lowest BCUT2D eigenvalue weighted by Gasteiger charge is -1.97. The van der Waals surface area contributed by atoms with Crippen LogP contribution in [0.1, 0.15) is 24.3 Å². The largest absolute Gasteiger partial charge is 0.338 e. The number of aromatic nitrogens is 3. The van der Waals surface area contributed by atoms with Gasteiger partial charge in [0.05, 0.1) is 6.42 Å². The van der Waals surface area contributed by atoms with Gasteiger partial charge in [0.15, 0.2) is 0 Å². The lowest BCUT2D eigenvalue weighted by molar-refractivity contribution is -0.119. The van der Waals surface area contributed by atoms with Crippen LogP contribution in [0.4, 0.5) is 0 Å². The molecule has 0 atom stereocenters. The SMILES string of the molecule is Cc1ccncc1-c1noc(CC(=O)C2CC2)n1. The van der Waals surface area contributed by atoms with Gasteiger partial charge in [-0.15, -0.1) is 0 Å². The van der Waals surface area contributed by atoms with Gasteiger partial charge >= 0.3 is 0 Å². The molecule has 2 heterocycles. The number of Topliss-reactive ketones (excluding diaryl/α,β-unsaturated/α-hetero) is 1. The minimum atomic E-state index is 0.202. The second-order valence-corrected chi connectivity index (χ2v) is 4.62. The van der Waals surface area contributed by atoms with E-state index in [1.54, 1.807) is 12.4 Å². The topological polar surface area (TPSA) is 68.9 Å². The van der Waals surface area contributed by atoms with Crippen molar-refractivity contribution in [1.29, 1.82) is 0 Å². The first-order valence-electron chi connectivity index (χ1n) is 6.00. The van der Waals surface area contributed by atoms with Gasteiger partial charge in [0.2, 0.25) is 11.7 Å². The number of hydrogen-bond acceptors (Lipinski definition) is 5. The molecule has 18 heavy (non-hydrogen) atoms. The van der Waals surface area contributed by atoms with Gasteiger partial charge in [0, 0.05) is 23.9 Å². The summed E-state index contributed by atoms with van der Waals surface area (Å²) in [5.41, 5.74) is 1.87. The van der Waals surface area contributed by atoms with Crippen LogP contribution in [0.2, 0.25) is 0 Å². The van der Waals surface area contributed by atoms with Crippen LogP contribution in [-0.4, -0.2) is 20.9 Å². The van der Waals surface area contributed by atoms with Gasteiger partial charge in [-0.2, -0.15) is 4.98 Å². The third-order valence-corrected chi connectivity index (χ3v) is 3.11. The van der Waals surface area contributed by atoms with Crippen LogP contribution in [0.3, 0.4) is 0 Å². The highest BCUT2D eigenvalue weighted by molar-refractivity contribution is 5.84. The fraction of sp³-hybridized carbons (Fsp3) is 0.385. The Kier molecular flexibility index (Phi) is 2.66. The van der Waals surface area contributed by atoms with E-state index in [-0.39, 0.29) is 18.1 Å². The molecule has 0 unspecified atom stereocenters. The van der Waals surface area contributed by atoms with Crippen molar-refractivity contribution in [2.75, 3.05) is 0 Å². The minimum absolute atomic E-state index is 0.202. The quantitative estimate of drug-likeness (QED) is 0.821. The van der Waals surface area contributed by atoms with Crippen LogP contribution in [-0.2, 0) is 11.2 Å². The number of pyridine rings is 1. The van der Waals surface area contributed by atoms with E-state index in [1.165, 1.54) is 0 Å². The molecular weight excluding hydrogens is 230 g/mol. The summed E-state index contributed by atoms with van der Waals surface area (Å²) in [6.45, 7) is 1.96. The van der Waals surface area contributed by atoms with Crippen molar-refractivity contribution in [3.8, 4) is 11.4 Å². The van der Waals surface area contributed by atoms with Gasteiger partial charge in [-0.25, -0.2) is 0 Å². The van der Waals surface area contributed by atoms with Crippen LogP contribution in [0.25, 0.3) is 11.4 Å². The van der Waals surface area contributed by atoms with Crippen molar-refractivity contribution >= 4 is 5.78 Å². The monoisotopic (exact) mass is 243 g/mol. The first-order chi connectivity index (χ1) is 8.74. The number of hydrogen-bond donors (Lipinski definition) is 0. The molecule has 5 nitrogen and oxygen atoms in total. The number of nitrogens with zero attached hydrogens (tertiary/aromatic N) is 3. The zero-order chi connectivity index (χ0) is 12.5. The van der Waals surface area contributed by atoms with E-state index in [1.807, 2.05) is 13.0 Å². The summed E-state index contributed by atoms with van der Waals surface area (Å²) in [5, 5.41) is 3.90. The lowest BCUT2D eigenvalue weighted by atomic mass is 10.1. The average Bonchev–Trinajstić information content (AvgIpc) is 3.12. The van der Waals surface area contributed by atoms with E-state index < -0.39 is 0 Å². The second kappa shape index (κ2) is 4.33. The van der Waals surface area contributed by atoms with E-state index in [0.29, 0.717) is 11.7 Å². The Hall–Kier alpha value is -2.04. The van der Waals surface area contributed by atoms with E-state index in [0.717, 1.165) is 24.0 Å². The predicted octanol–water partition coefficient (Wildman–Crippen LogP) is 1.96. The highest BCUT2D eigenvalue weighted by Gasteiger charge is 2.30. The average molecular weight is 243 g/mol. The maximum Gasteiger partial charge on any atom is 0.234 e. The summed E-state index contributed by atoms with van der Waals surface area (Å²) in [6.07, 6.45) is 5.67. The molecule has 3 rings (SSSR count). The number of rotatable bonds is 4. The number of carbonyl (C=O) groups is 1. The normalized spacial score (nSPS) is 14.7. The van der Waals surface area contributed by atoms with Crippen LogP contribution >= 0.6 is 0 Å². The Labute approximate surface area is 104 Å². The molecule has 1 aliphatic carbocycles. The molecule has 0 spiro atoms. The molecule has 1 saturated carbocycles. The molecule has 0 N–H and O–H groups in total. The molecule has 0 amide bonds. The molecule has 5 heteroatoms. The van der Waals surface area contributed by atoms with Crippen molar-refractivity contribution in [3.63, 3.8) is 0 Å². The molecule has 1 aliphatic rings. The Morgan fingerprint density at radius 2 is 2.33 bits per heavy atom. The van der Waals surface area contributed by atoms with Crippen LogP contribution in [0.5, 0.6) is 0 Å². The molecule has 2 aromatic heterocycles. The second-order valence-electron chi connectivity index (χ2n) is 4.62. The molecule has 0 bridgehead atoms. The summed E-state index contributed by atoms with van der Waals surface area (Å²) < 4.78 is 5.11. The van der Waals surface area contributed by atoms with Crippen LogP contribution in [0.15, 0.2) is 23.0 Å². The summed E-state index contributed by atoms with van der Waals surface area (Å²) in [7, 11) is 0. The molecule has 92 valence electrons. The Balaban J connectivity index is 1.80.